The Bertz CT molecular complexity index is 300. The third-order valence-electron chi connectivity index (χ3n) is 4.54. The Kier molecular flexibility index (Phi) is 3.94. The molecular weight excluding hydrogens is 234 g/mol. The van der Waals surface area contributed by atoms with Crippen molar-refractivity contribution < 1.29 is 19.4 Å². The van der Waals surface area contributed by atoms with Crippen molar-refractivity contribution in [3.05, 3.63) is 0 Å². The lowest BCUT2D eigenvalue weighted by molar-refractivity contribution is -0.295. The van der Waals surface area contributed by atoms with Crippen molar-refractivity contribution in [2.24, 2.45) is 0 Å². The number of hydrogen-bond acceptors (Lipinski definition) is 4. The van der Waals surface area contributed by atoms with E-state index in [4.69, 9.17) is 14.6 Å². The fraction of sp³-hybridized carbons (Fsp3) is 0.923. The molecule has 0 amide bonds. The molecule has 0 aromatic heterocycles. The molecule has 1 N–H and O–H groups in total. The highest BCUT2D eigenvalue weighted by atomic mass is 16.7. The van der Waals surface area contributed by atoms with Crippen molar-refractivity contribution in [3.8, 4) is 0 Å². The van der Waals surface area contributed by atoms with Gasteiger partial charge in [0, 0.05) is 19.8 Å². The third kappa shape index (κ3) is 2.39. The second-order valence-electron chi connectivity index (χ2n) is 5.53. The molecule has 1 saturated heterocycles. The molecule has 1 saturated carbocycles. The number of carboxylic acid groups (broad SMARTS) is 1. The first-order valence-electron chi connectivity index (χ1n) is 6.63. The smallest absolute Gasteiger partial charge is 0.305 e. The molecule has 18 heavy (non-hydrogen) atoms. The summed E-state index contributed by atoms with van der Waals surface area (Å²) in [6, 6.07) is 0. The zero-order valence-electron chi connectivity index (χ0n) is 11.3. The Morgan fingerprint density at radius 1 is 1.17 bits per heavy atom. The number of rotatable bonds is 5. The lowest BCUT2D eigenvalue weighted by Gasteiger charge is -2.57. The summed E-state index contributed by atoms with van der Waals surface area (Å²) < 4.78 is 10.8. The van der Waals surface area contributed by atoms with Gasteiger partial charge in [0.1, 0.15) is 0 Å². The number of aliphatic carboxylic acids is 1. The van der Waals surface area contributed by atoms with Crippen LogP contribution >= 0.6 is 0 Å². The van der Waals surface area contributed by atoms with Gasteiger partial charge in [0.05, 0.1) is 19.5 Å². The zero-order chi connectivity index (χ0) is 13.2. The van der Waals surface area contributed by atoms with Gasteiger partial charge in [-0.25, -0.2) is 0 Å². The number of carboxylic acids is 1. The van der Waals surface area contributed by atoms with Crippen molar-refractivity contribution in [3.63, 3.8) is 0 Å². The number of methoxy groups -OCH3 is 2. The molecule has 1 heterocycles. The van der Waals surface area contributed by atoms with E-state index in [-0.39, 0.29) is 12.0 Å². The van der Waals surface area contributed by atoms with Crippen LogP contribution in [0, 0.1) is 0 Å². The molecule has 1 aliphatic heterocycles. The van der Waals surface area contributed by atoms with Gasteiger partial charge in [-0.15, -0.1) is 0 Å². The third-order valence-corrected chi connectivity index (χ3v) is 4.54. The van der Waals surface area contributed by atoms with Crippen LogP contribution in [0.15, 0.2) is 0 Å². The number of hydrogen-bond donors (Lipinski definition) is 1. The number of carbonyl (C=O) groups is 1. The van der Waals surface area contributed by atoms with Crippen molar-refractivity contribution >= 4 is 5.97 Å². The van der Waals surface area contributed by atoms with Crippen LogP contribution in [0.2, 0.25) is 0 Å². The van der Waals surface area contributed by atoms with Crippen LogP contribution in [-0.2, 0) is 14.3 Å². The van der Waals surface area contributed by atoms with Crippen LogP contribution in [0.5, 0.6) is 0 Å². The van der Waals surface area contributed by atoms with E-state index in [0.29, 0.717) is 13.1 Å². The number of likely N-dealkylation sites (tertiary alicyclic amines) is 1. The Hall–Kier alpha value is -0.650. The highest BCUT2D eigenvalue weighted by Crippen LogP contribution is 2.42. The Labute approximate surface area is 108 Å². The molecular formula is C13H23NO4. The quantitative estimate of drug-likeness (QED) is 0.756. The van der Waals surface area contributed by atoms with E-state index >= 15 is 0 Å². The first-order chi connectivity index (χ1) is 8.56. The van der Waals surface area contributed by atoms with E-state index in [0.717, 1.165) is 25.7 Å². The second-order valence-corrected chi connectivity index (χ2v) is 5.53. The molecule has 0 atom stereocenters. The standard InChI is InChI=1S/C13H23NO4/c1-17-13(18-2)9-14(10-13)12(8-11(15)16)6-4-3-5-7-12/h3-10H2,1-2H3,(H,15,16). The van der Waals surface area contributed by atoms with Gasteiger partial charge in [-0.1, -0.05) is 19.3 Å². The Morgan fingerprint density at radius 3 is 2.17 bits per heavy atom. The lowest BCUT2D eigenvalue weighted by atomic mass is 9.75. The molecule has 104 valence electrons. The van der Waals surface area contributed by atoms with Crippen LogP contribution < -0.4 is 0 Å². The first kappa shape index (κ1) is 13.8. The Morgan fingerprint density at radius 2 is 1.72 bits per heavy atom. The minimum Gasteiger partial charge on any atom is -0.481 e. The lowest BCUT2D eigenvalue weighted by Crippen LogP contribution is -2.71. The summed E-state index contributed by atoms with van der Waals surface area (Å²) >= 11 is 0. The predicted octanol–water partition coefficient (Wildman–Crippen LogP) is 1.47. The maximum atomic E-state index is 11.1. The monoisotopic (exact) mass is 257 g/mol. The van der Waals surface area contributed by atoms with Gasteiger partial charge in [0.2, 0.25) is 0 Å². The van der Waals surface area contributed by atoms with Gasteiger partial charge in [-0.05, 0) is 12.8 Å². The van der Waals surface area contributed by atoms with Crippen molar-refractivity contribution in [1.82, 2.24) is 4.90 Å². The van der Waals surface area contributed by atoms with Gasteiger partial charge in [-0.2, -0.15) is 0 Å². The second kappa shape index (κ2) is 5.15. The van der Waals surface area contributed by atoms with E-state index < -0.39 is 11.8 Å². The summed E-state index contributed by atoms with van der Waals surface area (Å²) in [4.78, 5) is 13.4. The van der Waals surface area contributed by atoms with Gasteiger partial charge in [-0.3, -0.25) is 9.69 Å². The van der Waals surface area contributed by atoms with E-state index in [9.17, 15) is 4.79 Å². The minimum absolute atomic E-state index is 0.176. The summed E-state index contributed by atoms with van der Waals surface area (Å²) in [5.41, 5.74) is -0.176. The molecule has 1 aliphatic carbocycles. The van der Waals surface area contributed by atoms with Crippen LogP contribution in [0.25, 0.3) is 0 Å². The number of nitrogens with zero attached hydrogens (tertiary/aromatic N) is 1. The molecule has 0 spiro atoms. The molecule has 0 aromatic rings. The van der Waals surface area contributed by atoms with Gasteiger partial charge >= 0.3 is 5.97 Å². The largest absolute Gasteiger partial charge is 0.481 e. The molecule has 5 nitrogen and oxygen atoms in total. The van der Waals surface area contributed by atoms with Crippen LogP contribution in [-0.4, -0.2) is 54.6 Å². The maximum Gasteiger partial charge on any atom is 0.305 e. The van der Waals surface area contributed by atoms with E-state index in [1.807, 2.05) is 0 Å². The van der Waals surface area contributed by atoms with Gasteiger partial charge < -0.3 is 14.6 Å². The van der Waals surface area contributed by atoms with Crippen molar-refractivity contribution in [1.29, 1.82) is 0 Å². The normalized spacial score (nSPS) is 26.6. The van der Waals surface area contributed by atoms with Crippen molar-refractivity contribution in [2.45, 2.75) is 49.9 Å². The molecule has 2 fully saturated rings. The summed E-state index contributed by atoms with van der Waals surface area (Å²) in [6.45, 7) is 1.35. The van der Waals surface area contributed by atoms with Gasteiger partial charge in [0.25, 0.3) is 0 Å². The minimum atomic E-state index is -0.704. The highest BCUT2D eigenvalue weighted by molar-refractivity contribution is 5.68. The highest BCUT2D eigenvalue weighted by Gasteiger charge is 2.53. The SMILES string of the molecule is COC1(OC)CN(C2(CC(=O)O)CCCCC2)C1. The number of ether oxygens (including phenoxy) is 2. The molecule has 0 radical (unpaired) electrons. The summed E-state index contributed by atoms with van der Waals surface area (Å²) in [5, 5.41) is 9.15. The van der Waals surface area contributed by atoms with Crippen molar-refractivity contribution in [2.75, 3.05) is 27.3 Å². The molecule has 2 rings (SSSR count). The van der Waals surface area contributed by atoms with Crippen LogP contribution in [0.1, 0.15) is 38.5 Å². The Balaban J connectivity index is 2.05. The summed E-state index contributed by atoms with van der Waals surface area (Å²) in [7, 11) is 3.29. The molecule has 0 bridgehead atoms. The summed E-state index contributed by atoms with van der Waals surface area (Å²) in [6.07, 6.45) is 5.64. The van der Waals surface area contributed by atoms with Crippen LogP contribution in [0.3, 0.4) is 0 Å². The molecule has 0 unspecified atom stereocenters. The van der Waals surface area contributed by atoms with E-state index in [2.05, 4.69) is 4.90 Å². The topological polar surface area (TPSA) is 59.0 Å². The molecule has 2 aliphatic rings. The molecule has 0 aromatic carbocycles. The average molecular weight is 257 g/mol. The van der Waals surface area contributed by atoms with Crippen LogP contribution in [0.4, 0.5) is 0 Å². The zero-order valence-corrected chi connectivity index (χ0v) is 11.3. The maximum absolute atomic E-state index is 11.1. The molecule has 5 heteroatoms. The van der Waals surface area contributed by atoms with Gasteiger partial charge in [0.15, 0.2) is 5.79 Å². The fourth-order valence-corrected chi connectivity index (χ4v) is 3.31. The average Bonchev–Trinajstić information content (AvgIpc) is 2.29. The first-order valence-corrected chi connectivity index (χ1v) is 6.63. The fourth-order valence-electron chi connectivity index (χ4n) is 3.31. The van der Waals surface area contributed by atoms with E-state index in [1.165, 1.54) is 6.42 Å². The van der Waals surface area contributed by atoms with E-state index in [1.54, 1.807) is 14.2 Å². The predicted molar refractivity (Wildman–Crippen MR) is 66.4 cm³/mol. The summed E-state index contributed by atoms with van der Waals surface area (Å²) in [5.74, 6) is -1.23.